The molecule has 0 bridgehead atoms. The second kappa shape index (κ2) is 2.97. The van der Waals surface area contributed by atoms with Crippen LogP contribution in [0.3, 0.4) is 0 Å². The largest absolute Gasteiger partial charge is 1.00 e. The van der Waals surface area contributed by atoms with E-state index in [0.717, 1.165) is 0 Å². The molecule has 0 saturated heterocycles. The third-order valence-corrected chi connectivity index (χ3v) is 0.295. The normalized spacial score (nSPS) is 6.67. The predicted molar refractivity (Wildman–Crippen MR) is 15.2 cm³/mol. The van der Waals surface area contributed by atoms with Crippen molar-refractivity contribution in [3.05, 3.63) is 12.7 Å². The van der Waals surface area contributed by atoms with Crippen molar-refractivity contribution in [2.24, 2.45) is 0 Å². The van der Waals surface area contributed by atoms with Gasteiger partial charge in [0.1, 0.15) is 0 Å². The maximum Gasteiger partial charge on any atom is 1.00 e. The van der Waals surface area contributed by atoms with Gasteiger partial charge in [-0.2, -0.15) is 0 Å². The van der Waals surface area contributed by atoms with Crippen LogP contribution in [0.25, 0.3) is 0 Å². The molecule has 0 atom stereocenters. The molecule has 0 unspecified atom stereocenters. The first-order valence-corrected chi connectivity index (χ1v) is 1.22. The Hall–Kier alpha value is -0.237. The summed E-state index contributed by atoms with van der Waals surface area (Å²) < 4.78 is 0. The summed E-state index contributed by atoms with van der Waals surface area (Å²) in [5, 5.41) is 5.81. The van der Waals surface area contributed by atoms with Crippen molar-refractivity contribution in [2.75, 3.05) is 0 Å². The quantitative estimate of drug-likeness (QED) is 0.424. The Morgan fingerprint density at radius 1 is 1.67 bits per heavy atom. The molecular weight excluding hydrogens is 167 g/mol. The number of hydrogen-bond acceptors (Lipinski definition) is 2. The van der Waals surface area contributed by atoms with Crippen LogP contribution in [0.1, 0.15) is 0 Å². The van der Waals surface area contributed by atoms with E-state index in [9.17, 15) is 0 Å². The van der Waals surface area contributed by atoms with Crippen LogP contribution < -0.4 is 0 Å². The van der Waals surface area contributed by atoms with E-state index < -0.39 is 0 Å². The summed E-state index contributed by atoms with van der Waals surface area (Å²) in [6, 6.07) is 0. The number of aromatic nitrogens is 3. The molecule has 0 aliphatic rings. The van der Waals surface area contributed by atoms with Crippen molar-refractivity contribution in [2.45, 2.75) is 0 Å². The van der Waals surface area contributed by atoms with Crippen LogP contribution in [0.15, 0.2) is 6.33 Å². The van der Waals surface area contributed by atoms with E-state index in [0.29, 0.717) is 0 Å². The number of nitrogens with one attached hydrogen (secondary N) is 1. The first-order valence-electron chi connectivity index (χ1n) is 1.22. The Balaban J connectivity index is 0.000000250. The van der Waals surface area contributed by atoms with E-state index in [-0.39, 0.29) is 19.5 Å². The minimum Gasteiger partial charge on any atom is -0.421 e. The van der Waals surface area contributed by atoms with Gasteiger partial charge in [0.2, 0.25) is 0 Å². The third kappa shape index (κ3) is 1.27. The smallest absolute Gasteiger partial charge is 0.421 e. The van der Waals surface area contributed by atoms with Gasteiger partial charge >= 0.3 is 19.5 Å². The van der Waals surface area contributed by atoms with Crippen LogP contribution in [0.5, 0.6) is 0 Å². The van der Waals surface area contributed by atoms with Gasteiger partial charge in [-0.25, -0.2) is 0 Å². The molecule has 1 heterocycles. The van der Waals surface area contributed by atoms with Gasteiger partial charge < -0.3 is 10.1 Å². The monoisotopic (exact) mass is 170 g/mol. The van der Waals surface area contributed by atoms with Crippen molar-refractivity contribution >= 4 is 0 Å². The Kier molecular flexibility index (Phi) is 2.86. The van der Waals surface area contributed by atoms with E-state index >= 15 is 0 Å². The van der Waals surface area contributed by atoms with Gasteiger partial charge in [0.15, 0.2) is 0 Å². The number of H-pyrrole nitrogens is 1. The molecule has 0 spiro atoms. The van der Waals surface area contributed by atoms with E-state index in [2.05, 4.69) is 21.5 Å². The second-order valence-electron chi connectivity index (χ2n) is 0.599. The van der Waals surface area contributed by atoms with Crippen LogP contribution in [-0.2, 0) is 19.5 Å². The molecule has 1 aromatic rings. The summed E-state index contributed by atoms with van der Waals surface area (Å²) in [7, 11) is 0. The Bertz CT molecular complexity index is 65.3. The summed E-state index contributed by atoms with van der Waals surface area (Å²) >= 11 is 0. The minimum absolute atomic E-state index is 0. The van der Waals surface area contributed by atoms with Crippen LogP contribution in [0, 0.1) is 6.33 Å². The Morgan fingerprint density at radius 3 is 2.67 bits per heavy atom. The van der Waals surface area contributed by atoms with Crippen molar-refractivity contribution in [1.82, 2.24) is 15.2 Å². The molecule has 3 nitrogen and oxygen atoms in total. The maximum atomic E-state index is 3.43. The molecule has 0 saturated carbocycles. The fourth-order valence-electron chi connectivity index (χ4n) is 0.144. The zero-order chi connectivity index (χ0) is 3.54. The van der Waals surface area contributed by atoms with E-state index in [1.807, 2.05) is 0 Å². The standard InChI is InChI=1S/C2H2N3.Ru/c1-3-2-5-4-1;/h1H,(H,3,4,5);/q-1;+1. The summed E-state index contributed by atoms with van der Waals surface area (Å²) in [5.41, 5.74) is 0. The zero-order valence-corrected chi connectivity index (χ0v) is 4.56. The molecule has 1 aromatic heterocycles. The van der Waals surface area contributed by atoms with Crippen molar-refractivity contribution in [1.29, 1.82) is 0 Å². The SMILES string of the molecule is [Ru+].[c-]1nc[nH]n1. The molecule has 1 rings (SSSR count). The number of aromatic amines is 1. The Labute approximate surface area is 47.9 Å². The fourth-order valence-corrected chi connectivity index (χ4v) is 0.144. The molecular formula is C2H2N3Ru. The topological polar surface area (TPSA) is 41.6 Å². The molecule has 0 aliphatic carbocycles. The summed E-state index contributed by atoms with van der Waals surface area (Å²) in [6.45, 7) is 0. The van der Waals surface area contributed by atoms with Gasteiger partial charge in [0, 0.05) is 0 Å². The average Bonchev–Trinajstić information content (AvgIpc) is 1.76. The predicted octanol–water partition coefficient (Wildman–Crippen LogP) is -0.398. The van der Waals surface area contributed by atoms with E-state index in [1.54, 1.807) is 0 Å². The van der Waals surface area contributed by atoms with Crippen LogP contribution in [0.2, 0.25) is 0 Å². The number of nitrogens with zero attached hydrogens (tertiary/aromatic N) is 2. The maximum absolute atomic E-state index is 3.43. The molecule has 0 amide bonds. The molecule has 0 aliphatic heterocycles. The first-order chi connectivity index (χ1) is 2.50. The van der Waals surface area contributed by atoms with Crippen molar-refractivity contribution in [3.8, 4) is 0 Å². The zero-order valence-electron chi connectivity index (χ0n) is 2.83. The molecule has 33 valence electrons. The fraction of sp³-hybridized carbons (Fsp3) is 0. The van der Waals surface area contributed by atoms with Crippen molar-refractivity contribution < 1.29 is 19.5 Å². The third-order valence-electron chi connectivity index (χ3n) is 0.295. The molecule has 1 N–H and O–H groups in total. The van der Waals surface area contributed by atoms with E-state index in [4.69, 9.17) is 0 Å². The number of rotatable bonds is 0. The second-order valence-corrected chi connectivity index (χ2v) is 0.599. The molecule has 0 aromatic carbocycles. The van der Waals surface area contributed by atoms with Gasteiger partial charge in [-0.15, -0.1) is 0 Å². The average molecular weight is 169 g/mol. The van der Waals surface area contributed by atoms with E-state index in [1.165, 1.54) is 6.33 Å². The van der Waals surface area contributed by atoms with Crippen LogP contribution >= 0.6 is 0 Å². The van der Waals surface area contributed by atoms with Crippen molar-refractivity contribution in [3.63, 3.8) is 0 Å². The summed E-state index contributed by atoms with van der Waals surface area (Å²) in [5.74, 6) is 0. The van der Waals surface area contributed by atoms with Crippen LogP contribution in [-0.4, -0.2) is 15.2 Å². The van der Waals surface area contributed by atoms with Crippen LogP contribution in [0.4, 0.5) is 0 Å². The first kappa shape index (κ1) is 5.76. The molecule has 1 radical (unpaired) electrons. The molecule has 6 heavy (non-hydrogen) atoms. The van der Waals surface area contributed by atoms with Gasteiger partial charge in [-0.1, -0.05) is 0 Å². The van der Waals surface area contributed by atoms with Gasteiger partial charge in [0.25, 0.3) is 0 Å². The van der Waals surface area contributed by atoms with Gasteiger partial charge in [0.05, 0.1) is 0 Å². The number of hydrogen-bond donors (Lipinski definition) is 1. The van der Waals surface area contributed by atoms with Gasteiger partial charge in [-0.05, 0) is 12.7 Å². The molecule has 0 fully saturated rings. The van der Waals surface area contributed by atoms with Gasteiger partial charge in [-0.3, -0.25) is 5.10 Å². The molecule has 4 heteroatoms. The minimum atomic E-state index is 0. The summed E-state index contributed by atoms with van der Waals surface area (Å²) in [6.07, 6.45) is 3.76. The Morgan fingerprint density at radius 2 is 2.50 bits per heavy atom. The summed E-state index contributed by atoms with van der Waals surface area (Å²) in [4.78, 5) is 3.43.